The normalized spacial score (nSPS) is 10.9. The minimum atomic E-state index is 0.199. The van der Waals surface area contributed by atoms with Crippen LogP contribution in [0.3, 0.4) is 0 Å². The van der Waals surface area contributed by atoms with Gasteiger partial charge in [0, 0.05) is 12.1 Å². The van der Waals surface area contributed by atoms with Crippen LogP contribution in [0, 0.1) is 13.8 Å². The number of benzene rings is 2. The van der Waals surface area contributed by atoms with Gasteiger partial charge in [-0.05, 0) is 31.5 Å². The van der Waals surface area contributed by atoms with E-state index in [1.54, 1.807) is 0 Å². The van der Waals surface area contributed by atoms with Crippen molar-refractivity contribution >= 4 is 5.78 Å². The van der Waals surface area contributed by atoms with E-state index in [-0.39, 0.29) is 5.78 Å². The smallest absolute Gasteiger partial charge is 0.177 e. The van der Waals surface area contributed by atoms with E-state index >= 15 is 0 Å². The molecule has 110 valence electrons. The van der Waals surface area contributed by atoms with Gasteiger partial charge in [0.1, 0.15) is 0 Å². The summed E-state index contributed by atoms with van der Waals surface area (Å²) in [5.74, 6) is 0.199. The number of nitrogens with zero attached hydrogens (tertiary/aromatic N) is 1. The first kappa shape index (κ1) is 15.5. The third kappa shape index (κ3) is 4.27. The zero-order valence-electron chi connectivity index (χ0n) is 13.1. The first-order valence-electron chi connectivity index (χ1n) is 7.47. The molecule has 2 aromatic rings. The lowest BCUT2D eigenvalue weighted by atomic mass is 10.0. The summed E-state index contributed by atoms with van der Waals surface area (Å²) in [6.07, 6.45) is 0. The Morgan fingerprint density at radius 3 is 2.38 bits per heavy atom. The lowest BCUT2D eigenvalue weighted by Crippen LogP contribution is -2.29. The van der Waals surface area contributed by atoms with Crippen molar-refractivity contribution in [2.45, 2.75) is 27.3 Å². The number of Topliss-reactive ketones (excluding diaryl/α,β-unsaturated/α-hetero) is 1. The Morgan fingerprint density at radius 2 is 1.76 bits per heavy atom. The molecule has 0 aliphatic heterocycles. The van der Waals surface area contributed by atoms with Gasteiger partial charge < -0.3 is 0 Å². The molecule has 0 radical (unpaired) electrons. The number of hydrogen-bond donors (Lipinski definition) is 0. The summed E-state index contributed by atoms with van der Waals surface area (Å²) >= 11 is 0. The molecule has 2 aromatic carbocycles. The average Bonchev–Trinajstić information content (AvgIpc) is 2.47. The van der Waals surface area contributed by atoms with Crippen LogP contribution in [0.5, 0.6) is 0 Å². The van der Waals surface area contributed by atoms with Crippen molar-refractivity contribution in [2.75, 3.05) is 13.1 Å². The lowest BCUT2D eigenvalue weighted by molar-refractivity contribution is 0.0929. The van der Waals surface area contributed by atoms with Crippen LogP contribution in [-0.4, -0.2) is 23.8 Å². The topological polar surface area (TPSA) is 20.3 Å². The van der Waals surface area contributed by atoms with Crippen molar-refractivity contribution in [3.8, 4) is 0 Å². The van der Waals surface area contributed by atoms with Crippen LogP contribution in [0.1, 0.15) is 34.0 Å². The van der Waals surface area contributed by atoms with E-state index in [0.717, 1.165) is 24.2 Å². The van der Waals surface area contributed by atoms with E-state index < -0.39 is 0 Å². The standard InChI is InChI=1S/C19H23NO/c1-4-20(13-17-8-6-5-7-9-17)14-19(21)18-11-10-15(2)12-16(18)3/h5-12H,4,13-14H2,1-3H3. The summed E-state index contributed by atoms with van der Waals surface area (Å²) in [6.45, 7) is 8.30. The number of aryl methyl sites for hydroxylation is 2. The molecule has 21 heavy (non-hydrogen) atoms. The second-order valence-electron chi connectivity index (χ2n) is 5.53. The fraction of sp³-hybridized carbons (Fsp3) is 0.316. The highest BCUT2D eigenvalue weighted by molar-refractivity contribution is 5.98. The summed E-state index contributed by atoms with van der Waals surface area (Å²) in [5, 5.41) is 0. The van der Waals surface area contributed by atoms with Gasteiger partial charge in [-0.3, -0.25) is 9.69 Å². The Bertz CT molecular complexity index is 604. The van der Waals surface area contributed by atoms with E-state index in [4.69, 9.17) is 0 Å². The zero-order chi connectivity index (χ0) is 15.2. The Balaban J connectivity index is 2.06. The number of carbonyl (C=O) groups is 1. The molecule has 0 saturated carbocycles. The molecular formula is C19H23NO. The molecule has 2 nitrogen and oxygen atoms in total. The molecular weight excluding hydrogens is 258 g/mol. The first-order valence-corrected chi connectivity index (χ1v) is 7.47. The summed E-state index contributed by atoms with van der Waals surface area (Å²) in [4.78, 5) is 14.7. The molecule has 0 aliphatic rings. The fourth-order valence-electron chi connectivity index (χ4n) is 2.54. The summed E-state index contributed by atoms with van der Waals surface area (Å²) in [6, 6.07) is 16.3. The van der Waals surface area contributed by atoms with Gasteiger partial charge in [-0.25, -0.2) is 0 Å². The lowest BCUT2D eigenvalue weighted by Gasteiger charge is -2.20. The van der Waals surface area contributed by atoms with Crippen molar-refractivity contribution in [3.63, 3.8) is 0 Å². The second-order valence-corrected chi connectivity index (χ2v) is 5.53. The summed E-state index contributed by atoms with van der Waals surface area (Å²) in [7, 11) is 0. The maximum Gasteiger partial charge on any atom is 0.177 e. The van der Waals surface area contributed by atoms with Gasteiger partial charge >= 0.3 is 0 Å². The average molecular weight is 281 g/mol. The van der Waals surface area contributed by atoms with E-state index in [9.17, 15) is 4.79 Å². The molecule has 0 N–H and O–H groups in total. The van der Waals surface area contributed by atoms with Crippen molar-refractivity contribution in [1.82, 2.24) is 4.90 Å². The predicted octanol–water partition coefficient (Wildman–Crippen LogP) is 4.01. The van der Waals surface area contributed by atoms with Crippen LogP contribution in [0.4, 0.5) is 0 Å². The van der Waals surface area contributed by atoms with E-state index in [1.807, 2.05) is 37.3 Å². The molecule has 0 unspecified atom stereocenters. The van der Waals surface area contributed by atoms with Crippen LogP contribution in [0.25, 0.3) is 0 Å². The molecule has 2 heteroatoms. The molecule has 0 bridgehead atoms. The van der Waals surface area contributed by atoms with Crippen LogP contribution in [0.2, 0.25) is 0 Å². The zero-order valence-corrected chi connectivity index (χ0v) is 13.1. The Hall–Kier alpha value is -1.93. The number of rotatable bonds is 6. The highest BCUT2D eigenvalue weighted by Gasteiger charge is 2.13. The van der Waals surface area contributed by atoms with Crippen LogP contribution in [-0.2, 0) is 6.54 Å². The van der Waals surface area contributed by atoms with E-state index in [0.29, 0.717) is 6.54 Å². The van der Waals surface area contributed by atoms with Gasteiger partial charge in [-0.2, -0.15) is 0 Å². The quantitative estimate of drug-likeness (QED) is 0.746. The Kier molecular flexibility index (Phi) is 5.29. The number of carbonyl (C=O) groups excluding carboxylic acids is 1. The second kappa shape index (κ2) is 7.19. The first-order chi connectivity index (χ1) is 10.1. The summed E-state index contributed by atoms with van der Waals surface area (Å²) < 4.78 is 0. The van der Waals surface area contributed by atoms with Gasteiger partial charge in [0.2, 0.25) is 0 Å². The molecule has 0 fully saturated rings. The van der Waals surface area contributed by atoms with Gasteiger partial charge in [0.15, 0.2) is 5.78 Å². The predicted molar refractivity (Wildman–Crippen MR) is 87.6 cm³/mol. The molecule has 0 aliphatic carbocycles. The summed E-state index contributed by atoms with van der Waals surface area (Å²) in [5.41, 5.74) is 4.34. The highest BCUT2D eigenvalue weighted by Crippen LogP contribution is 2.13. The van der Waals surface area contributed by atoms with Crippen molar-refractivity contribution in [2.24, 2.45) is 0 Å². The molecule has 0 amide bonds. The number of ketones is 1. The van der Waals surface area contributed by atoms with E-state index in [1.165, 1.54) is 11.1 Å². The number of likely N-dealkylation sites (N-methyl/N-ethyl adjacent to an activating group) is 1. The van der Waals surface area contributed by atoms with Gasteiger partial charge in [-0.1, -0.05) is 61.0 Å². The molecule has 0 atom stereocenters. The van der Waals surface area contributed by atoms with Crippen molar-refractivity contribution in [3.05, 3.63) is 70.8 Å². The maximum absolute atomic E-state index is 12.5. The molecule has 0 heterocycles. The molecule has 0 saturated heterocycles. The van der Waals surface area contributed by atoms with Crippen molar-refractivity contribution in [1.29, 1.82) is 0 Å². The Labute approximate surface area is 127 Å². The molecule has 0 spiro atoms. The van der Waals surface area contributed by atoms with Crippen LogP contribution < -0.4 is 0 Å². The third-order valence-corrected chi connectivity index (χ3v) is 3.75. The van der Waals surface area contributed by atoms with Gasteiger partial charge in [0.25, 0.3) is 0 Å². The largest absolute Gasteiger partial charge is 0.293 e. The van der Waals surface area contributed by atoms with Crippen LogP contribution >= 0.6 is 0 Å². The minimum absolute atomic E-state index is 0.199. The Morgan fingerprint density at radius 1 is 1.05 bits per heavy atom. The molecule has 0 aromatic heterocycles. The minimum Gasteiger partial charge on any atom is -0.293 e. The molecule has 2 rings (SSSR count). The fourth-order valence-corrected chi connectivity index (χ4v) is 2.54. The van der Waals surface area contributed by atoms with Crippen LogP contribution in [0.15, 0.2) is 48.5 Å². The maximum atomic E-state index is 12.5. The van der Waals surface area contributed by atoms with E-state index in [2.05, 4.69) is 36.9 Å². The SMILES string of the molecule is CCN(CC(=O)c1ccc(C)cc1C)Cc1ccccc1. The monoisotopic (exact) mass is 281 g/mol. The third-order valence-electron chi connectivity index (χ3n) is 3.75. The number of hydrogen-bond acceptors (Lipinski definition) is 2. The highest BCUT2D eigenvalue weighted by atomic mass is 16.1. The van der Waals surface area contributed by atoms with Gasteiger partial charge in [-0.15, -0.1) is 0 Å². The van der Waals surface area contributed by atoms with Crippen molar-refractivity contribution < 1.29 is 4.79 Å². The van der Waals surface area contributed by atoms with Gasteiger partial charge in [0.05, 0.1) is 6.54 Å².